The number of thiazole rings is 1. The third kappa shape index (κ3) is 5.51. The first-order chi connectivity index (χ1) is 18.6. The molecule has 5 rings (SSSR count). The summed E-state index contributed by atoms with van der Waals surface area (Å²) < 4.78 is 11.3. The van der Waals surface area contributed by atoms with Crippen LogP contribution in [-0.4, -0.2) is 41.5 Å². The molecule has 1 heterocycles. The van der Waals surface area contributed by atoms with Crippen molar-refractivity contribution in [3.8, 4) is 0 Å². The first-order valence-electron chi connectivity index (χ1n) is 14.5. The molecule has 1 aromatic rings. The lowest BCUT2D eigenvalue weighted by molar-refractivity contribution is -0.158. The summed E-state index contributed by atoms with van der Waals surface area (Å²) in [6.45, 7) is 6.45. The minimum Gasteiger partial charge on any atom is -0.462 e. The van der Waals surface area contributed by atoms with Gasteiger partial charge in [-0.1, -0.05) is 31.6 Å². The van der Waals surface area contributed by atoms with E-state index in [1.807, 2.05) is 17.5 Å². The molecule has 0 radical (unpaired) electrons. The van der Waals surface area contributed by atoms with Crippen LogP contribution in [0.15, 0.2) is 34.7 Å². The molecule has 0 aliphatic heterocycles. The van der Waals surface area contributed by atoms with Gasteiger partial charge in [0.1, 0.15) is 18.8 Å². The van der Waals surface area contributed by atoms with Gasteiger partial charge in [0.05, 0.1) is 11.2 Å². The summed E-state index contributed by atoms with van der Waals surface area (Å²) in [7, 11) is 0. The highest BCUT2D eigenvalue weighted by atomic mass is 32.1. The Hall–Kier alpha value is -2.32. The van der Waals surface area contributed by atoms with Gasteiger partial charge in [-0.2, -0.15) is 0 Å². The van der Waals surface area contributed by atoms with Gasteiger partial charge < -0.3 is 15.2 Å². The third-order valence-corrected chi connectivity index (χ3v) is 11.1. The van der Waals surface area contributed by atoms with Gasteiger partial charge in [0, 0.05) is 30.6 Å². The van der Waals surface area contributed by atoms with Gasteiger partial charge in [0.2, 0.25) is 0 Å². The Bertz CT molecular complexity index is 1150. The summed E-state index contributed by atoms with van der Waals surface area (Å²) in [5.74, 6) is 1.59. The Morgan fingerprint density at radius 2 is 2.03 bits per heavy atom. The van der Waals surface area contributed by atoms with Crippen LogP contribution in [0, 0.1) is 34.5 Å². The number of esters is 2. The summed E-state index contributed by atoms with van der Waals surface area (Å²) in [5.41, 5.74) is 9.93. The van der Waals surface area contributed by atoms with Crippen LogP contribution in [0.3, 0.4) is 0 Å². The highest BCUT2D eigenvalue weighted by molar-refractivity contribution is 7.07. The smallest absolute Gasteiger partial charge is 0.323 e. The van der Waals surface area contributed by atoms with Crippen LogP contribution in [0.5, 0.6) is 0 Å². The Labute approximate surface area is 235 Å². The number of aromatic nitrogens is 1. The molecule has 0 spiro atoms. The zero-order valence-electron chi connectivity index (χ0n) is 23.4. The standard InChI is InChI=1S/C31H42N2O5S/c1-19(34)38-27-8-7-24-28-20(6-4-5-13-37-29(36)26(32)16-22-17-39-18-33-22)14-21-15-23(35)9-11-30(21,2)25(28)10-12-31(24,27)3/h4-5,15,17-18,20,24-28H,6-14,16,32H2,1-3H3/b5-4+/t20-,24+,25+,26+,27+,28+,30+,31+/m1/s1. The van der Waals surface area contributed by atoms with Crippen molar-refractivity contribution >= 4 is 29.1 Å². The number of hydrogen-bond donors (Lipinski definition) is 1. The molecule has 8 atom stereocenters. The molecule has 39 heavy (non-hydrogen) atoms. The van der Waals surface area contributed by atoms with E-state index in [0.29, 0.717) is 36.5 Å². The maximum Gasteiger partial charge on any atom is 0.323 e. The average molecular weight is 555 g/mol. The normalized spacial score (nSPS) is 36.5. The minimum atomic E-state index is -0.722. The van der Waals surface area contributed by atoms with E-state index in [9.17, 15) is 14.4 Å². The van der Waals surface area contributed by atoms with Crippen molar-refractivity contribution in [1.29, 1.82) is 0 Å². The Morgan fingerprint density at radius 1 is 1.21 bits per heavy atom. The molecule has 0 saturated heterocycles. The number of ether oxygens (including phenoxy) is 2. The summed E-state index contributed by atoms with van der Waals surface area (Å²) in [4.78, 5) is 40.8. The molecular weight excluding hydrogens is 512 g/mol. The zero-order valence-corrected chi connectivity index (χ0v) is 24.2. The molecule has 7 nitrogen and oxygen atoms in total. The number of carbonyl (C=O) groups excluding carboxylic acids is 3. The highest BCUT2D eigenvalue weighted by Crippen LogP contribution is 2.67. The Balaban J connectivity index is 1.28. The van der Waals surface area contributed by atoms with Gasteiger partial charge in [0.15, 0.2) is 5.78 Å². The molecule has 212 valence electrons. The van der Waals surface area contributed by atoms with Crippen LogP contribution in [0.2, 0.25) is 0 Å². The average Bonchev–Trinajstić information content (AvgIpc) is 3.51. The van der Waals surface area contributed by atoms with Crippen LogP contribution in [0.4, 0.5) is 0 Å². The van der Waals surface area contributed by atoms with Crippen molar-refractivity contribution in [1.82, 2.24) is 4.98 Å². The molecule has 0 aromatic carbocycles. The van der Waals surface area contributed by atoms with Crippen molar-refractivity contribution in [3.05, 3.63) is 40.4 Å². The van der Waals surface area contributed by atoms with E-state index in [0.717, 1.165) is 50.6 Å². The van der Waals surface area contributed by atoms with Gasteiger partial charge in [-0.05, 0) is 80.1 Å². The van der Waals surface area contributed by atoms with E-state index < -0.39 is 12.0 Å². The molecule has 0 amide bonds. The van der Waals surface area contributed by atoms with Crippen LogP contribution in [0.1, 0.15) is 77.8 Å². The highest BCUT2D eigenvalue weighted by Gasteiger charge is 2.61. The lowest BCUT2D eigenvalue weighted by Gasteiger charge is -2.60. The first-order valence-corrected chi connectivity index (χ1v) is 15.4. The number of fused-ring (bicyclic) bond motifs is 5. The maximum atomic E-state index is 12.4. The van der Waals surface area contributed by atoms with Gasteiger partial charge >= 0.3 is 11.9 Å². The van der Waals surface area contributed by atoms with Gasteiger partial charge in [-0.15, -0.1) is 11.3 Å². The molecule has 8 heteroatoms. The van der Waals surface area contributed by atoms with E-state index in [-0.39, 0.29) is 35.3 Å². The van der Waals surface area contributed by atoms with Crippen molar-refractivity contribution < 1.29 is 23.9 Å². The van der Waals surface area contributed by atoms with Crippen molar-refractivity contribution in [2.45, 2.75) is 90.7 Å². The summed E-state index contributed by atoms with van der Waals surface area (Å²) in [6, 6.07) is -0.722. The van der Waals surface area contributed by atoms with Crippen LogP contribution >= 0.6 is 11.3 Å². The number of allylic oxidation sites excluding steroid dienone is 2. The quantitative estimate of drug-likeness (QED) is 0.348. The molecule has 4 aliphatic carbocycles. The number of nitrogens with zero attached hydrogens (tertiary/aromatic N) is 1. The molecule has 0 bridgehead atoms. The fraction of sp³-hybridized carbons (Fsp3) is 0.677. The SMILES string of the molecule is CC(=O)O[C@H]1CC[C@H]2[C@@H]3[C@H](C/C=C/COC(=O)[C@@H](N)Cc4cscn4)CC4=CC(=O)CC[C@]4(C)[C@H]3CC[C@]12C. The second kappa shape index (κ2) is 11.3. The predicted molar refractivity (Wildman–Crippen MR) is 150 cm³/mol. The van der Waals surface area contributed by atoms with E-state index in [2.05, 4.69) is 24.9 Å². The van der Waals surface area contributed by atoms with E-state index in [1.165, 1.54) is 23.8 Å². The number of nitrogens with two attached hydrogens (primary N) is 1. The summed E-state index contributed by atoms with van der Waals surface area (Å²) >= 11 is 1.48. The van der Waals surface area contributed by atoms with Crippen LogP contribution in [0.25, 0.3) is 0 Å². The van der Waals surface area contributed by atoms with Crippen molar-refractivity contribution in [3.63, 3.8) is 0 Å². The summed E-state index contributed by atoms with van der Waals surface area (Å²) in [6.07, 6.45) is 13.9. The lowest BCUT2D eigenvalue weighted by Crippen LogP contribution is -2.54. The summed E-state index contributed by atoms with van der Waals surface area (Å²) in [5, 5.41) is 1.89. The first kappa shape index (κ1) is 28.2. The predicted octanol–water partition coefficient (Wildman–Crippen LogP) is 5.19. The Morgan fingerprint density at radius 3 is 2.77 bits per heavy atom. The minimum absolute atomic E-state index is 0.000155. The number of hydrogen-bond acceptors (Lipinski definition) is 8. The van der Waals surface area contributed by atoms with Crippen molar-refractivity contribution in [2.75, 3.05) is 6.61 Å². The largest absolute Gasteiger partial charge is 0.462 e. The second-order valence-electron chi connectivity index (χ2n) is 12.7. The molecule has 3 fully saturated rings. The lowest BCUT2D eigenvalue weighted by atomic mass is 9.44. The van der Waals surface area contributed by atoms with Gasteiger partial charge in [0.25, 0.3) is 0 Å². The molecule has 2 N–H and O–H groups in total. The van der Waals surface area contributed by atoms with Crippen molar-refractivity contribution in [2.24, 2.45) is 40.2 Å². The monoisotopic (exact) mass is 554 g/mol. The topological polar surface area (TPSA) is 109 Å². The number of ketones is 1. The van der Waals surface area contributed by atoms with Gasteiger partial charge in [-0.3, -0.25) is 14.4 Å². The molecule has 0 unspecified atom stereocenters. The molecule has 1 aromatic heterocycles. The zero-order chi connectivity index (χ0) is 27.8. The fourth-order valence-electron chi connectivity index (χ4n) is 8.51. The second-order valence-corrected chi connectivity index (χ2v) is 13.4. The number of rotatable bonds is 8. The number of carbonyl (C=O) groups is 3. The molecule has 3 saturated carbocycles. The van der Waals surface area contributed by atoms with Crippen LogP contribution in [-0.2, 0) is 30.3 Å². The molecule has 4 aliphatic rings. The molecular formula is C31H42N2O5S. The fourth-order valence-corrected chi connectivity index (χ4v) is 9.09. The van der Waals surface area contributed by atoms with E-state index in [1.54, 1.807) is 5.51 Å². The van der Waals surface area contributed by atoms with E-state index in [4.69, 9.17) is 15.2 Å². The maximum absolute atomic E-state index is 12.4. The van der Waals surface area contributed by atoms with E-state index >= 15 is 0 Å². The Kier molecular flexibility index (Phi) is 8.16. The van der Waals surface area contributed by atoms with Gasteiger partial charge in [-0.25, -0.2) is 4.98 Å². The van der Waals surface area contributed by atoms with Crippen LogP contribution < -0.4 is 5.73 Å². The third-order valence-electron chi connectivity index (χ3n) is 10.5.